The second-order valence-electron chi connectivity index (χ2n) is 3.72. The maximum atomic E-state index is 11.8. The van der Waals surface area contributed by atoms with Gasteiger partial charge in [0.1, 0.15) is 5.75 Å². The minimum atomic E-state index is -0.0136. The molecule has 1 aliphatic heterocycles. The van der Waals surface area contributed by atoms with E-state index in [2.05, 4.69) is 5.32 Å². The van der Waals surface area contributed by atoms with Crippen LogP contribution in [0.15, 0.2) is 18.2 Å². The Morgan fingerprint density at radius 2 is 2.38 bits per heavy atom. The fourth-order valence-corrected chi connectivity index (χ4v) is 2.91. The Bertz CT molecular complexity index is 405. The summed E-state index contributed by atoms with van der Waals surface area (Å²) in [5, 5.41) is 12.5. The highest BCUT2D eigenvalue weighted by Gasteiger charge is 2.23. The van der Waals surface area contributed by atoms with Crippen molar-refractivity contribution in [2.24, 2.45) is 5.92 Å². The monoisotopic (exact) mass is 257 g/mol. The molecule has 16 heavy (non-hydrogen) atoms. The maximum absolute atomic E-state index is 11.8. The van der Waals surface area contributed by atoms with Gasteiger partial charge in [0.2, 0.25) is 5.91 Å². The summed E-state index contributed by atoms with van der Waals surface area (Å²) < 4.78 is 0. The first-order chi connectivity index (χ1) is 7.66. The van der Waals surface area contributed by atoms with Gasteiger partial charge in [-0.3, -0.25) is 4.79 Å². The number of carbonyl (C=O) groups is 1. The molecule has 1 aromatic rings. The van der Waals surface area contributed by atoms with E-state index >= 15 is 0 Å². The van der Waals surface area contributed by atoms with Gasteiger partial charge in [-0.2, -0.15) is 11.8 Å². The van der Waals surface area contributed by atoms with Crippen molar-refractivity contribution in [3.8, 4) is 5.75 Å². The lowest BCUT2D eigenvalue weighted by molar-refractivity contribution is -0.119. The molecule has 1 saturated heterocycles. The van der Waals surface area contributed by atoms with E-state index in [0.29, 0.717) is 5.69 Å². The van der Waals surface area contributed by atoms with Crippen LogP contribution < -0.4 is 5.32 Å². The highest BCUT2D eigenvalue weighted by atomic mass is 35.5. The number of halogens is 1. The molecular formula is C11H12ClNO2S. The second-order valence-corrected chi connectivity index (χ2v) is 5.27. The van der Waals surface area contributed by atoms with Crippen molar-refractivity contribution in [3.63, 3.8) is 0 Å². The van der Waals surface area contributed by atoms with Crippen molar-refractivity contribution in [2.75, 3.05) is 16.8 Å². The Hall–Kier alpha value is -0.870. The topological polar surface area (TPSA) is 49.3 Å². The van der Waals surface area contributed by atoms with Gasteiger partial charge in [0.15, 0.2) is 0 Å². The highest BCUT2D eigenvalue weighted by molar-refractivity contribution is 7.99. The molecule has 1 aromatic carbocycles. The quantitative estimate of drug-likeness (QED) is 0.857. The number of anilines is 1. The third-order valence-electron chi connectivity index (χ3n) is 2.51. The van der Waals surface area contributed by atoms with E-state index in [9.17, 15) is 9.90 Å². The summed E-state index contributed by atoms with van der Waals surface area (Å²) >= 11 is 7.47. The van der Waals surface area contributed by atoms with Crippen LogP contribution in [-0.4, -0.2) is 22.5 Å². The zero-order valence-corrected chi connectivity index (χ0v) is 10.1. The predicted molar refractivity (Wildman–Crippen MR) is 67.2 cm³/mol. The van der Waals surface area contributed by atoms with E-state index in [0.717, 1.165) is 17.9 Å². The standard InChI is InChI=1S/C11H12ClNO2S/c12-9-2-1-8(5-10(9)14)13-11(15)7-3-4-16-6-7/h1-2,5,7,14H,3-4,6H2,(H,13,15). The maximum Gasteiger partial charge on any atom is 0.228 e. The zero-order chi connectivity index (χ0) is 11.5. The van der Waals surface area contributed by atoms with Gasteiger partial charge in [0, 0.05) is 23.4 Å². The van der Waals surface area contributed by atoms with Crippen molar-refractivity contribution in [1.82, 2.24) is 0 Å². The van der Waals surface area contributed by atoms with Crippen LogP contribution in [-0.2, 0) is 4.79 Å². The van der Waals surface area contributed by atoms with E-state index in [-0.39, 0.29) is 22.6 Å². The van der Waals surface area contributed by atoms with E-state index in [1.165, 1.54) is 6.07 Å². The molecule has 0 bridgehead atoms. The summed E-state index contributed by atoms with van der Waals surface area (Å²) in [6.07, 6.45) is 0.927. The van der Waals surface area contributed by atoms with Crippen LogP contribution in [0.3, 0.4) is 0 Å². The first-order valence-electron chi connectivity index (χ1n) is 5.04. The van der Waals surface area contributed by atoms with E-state index in [1.807, 2.05) is 0 Å². The minimum absolute atomic E-state index is 0.0136. The number of hydrogen-bond acceptors (Lipinski definition) is 3. The number of amides is 1. The van der Waals surface area contributed by atoms with E-state index in [1.54, 1.807) is 23.9 Å². The molecule has 0 aliphatic carbocycles. The Kier molecular flexibility index (Phi) is 3.61. The molecule has 0 spiro atoms. The van der Waals surface area contributed by atoms with Crippen LogP contribution in [0.2, 0.25) is 5.02 Å². The Labute approximate surface area is 103 Å². The van der Waals surface area contributed by atoms with Crippen LogP contribution >= 0.6 is 23.4 Å². The Morgan fingerprint density at radius 3 is 3.00 bits per heavy atom. The number of thioether (sulfide) groups is 1. The van der Waals surface area contributed by atoms with Crippen molar-refractivity contribution >= 4 is 35.0 Å². The van der Waals surface area contributed by atoms with E-state index < -0.39 is 0 Å². The van der Waals surface area contributed by atoms with Gasteiger partial charge < -0.3 is 10.4 Å². The minimum Gasteiger partial charge on any atom is -0.506 e. The molecule has 0 saturated carbocycles. The molecule has 1 heterocycles. The lowest BCUT2D eigenvalue weighted by atomic mass is 10.1. The second kappa shape index (κ2) is 4.97. The van der Waals surface area contributed by atoms with Crippen molar-refractivity contribution < 1.29 is 9.90 Å². The summed E-state index contributed by atoms with van der Waals surface area (Å²) in [4.78, 5) is 11.8. The van der Waals surface area contributed by atoms with Gasteiger partial charge >= 0.3 is 0 Å². The number of hydrogen-bond donors (Lipinski definition) is 2. The van der Waals surface area contributed by atoms with Crippen molar-refractivity contribution in [3.05, 3.63) is 23.2 Å². The molecule has 2 rings (SSSR count). The lowest BCUT2D eigenvalue weighted by Crippen LogP contribution is -2.22. The fraction of sp³-hybridized carbons (Fsp3) is 0.364. The summed E-state index contributed by atoms with van der Waals surface area (Å²) in [6.45, 7) is 0. The third kappa shape index (κ3) is 2.62. The van der Waals surface area contributed by atoms with Gasteiger partial charge in [-0.1, -0.05) is 11.6 Å². The average Bonchev–Trinajstić information content (AvgIpc) is 2.77. The molecule has 1 amide bonds. The number of phenols is 1. The number of rotatable bonds is 2. The van der Waals surface area contributed by atoms with E-state index in [4.69, 9.17) is 11.6 Å². The Morgan fingerprint density at radius 1 is 1.56 bits per heavy atom. The van der Waals surface area contributed by atoms with Crippen LogP contribution in [0.5, 0.6) is 5.75 Å². The summed E-state index contributed by atoms with van der Waals surface area (Å²) in [5.74, 6) is 2.02. The summed E-state index contributed by atoms with van der Waals surface area (Å²) in [5.41, 5.74) is 0.587. The molecule has 2 N–H and O–H groups in total. The highest BCUT2D eigenvalue weighted by Crippen LogP contribution is 2.28. The van der Waals surface area contributed by atoms with Gasteiger partial charge in [-0.25, -0.2) is 0 Å². The molecule has 0 radical (unpaired) electrons. The van der Waals surface area contributed by atoms with Crippen molar-refractivity contribution in [2.45, 2.75) is 6.42 Å². The number of nitrogens with one attached hydrogen (secondary N) is 1. The molecule has 86 valence electrons. The summed E-state index contributed by atoms with van der Waals surface area (Å²) in [7, 11) is 0. The first-order valence-corrected chi connectivity index (χ1v) is 6.57. The number of benzene rings is 1. The molecule has 1 fully saturated rings. The fourth-order valence-electron chi connectivity index (χ4n) is 1.58. The third-order valence-corrected chi connectivity index (χ3v) is 4.00. The SMILES string of the molecule is O=C(Nc1ccc(Cl)c(O)c1)C1CCSC1. The molecule has 1 aliphatic rings. The predicted octanol–water partition coefficient (Wildman–Crippen LogP) is 2.74. The van der Waals surface area contributed by atoms with Gasteiger partial charge in [-0.15, -0.1) is 0 Å². The average molecular weight is 258 g/mol. The smallest absolute Gasteiger partial charge is 0.228 e. The normalized spacial score (nSPS) is 19.7. The summed E-state index contributed by atoms with van der Waals surface area (Å²) in [6, 6.07) is 4.71. The molecule has 1 unspecified atom stereocenters. The van der Waals surface area contributed by atoms with Crippen LogP contribution in [0.1, 0.15) is 6.42 Å². The molecule has 3 nitrogen and oxygen atoms in total. The van der Waals surface area contributed by atoms with Gasteiger partial charge in [0.05, 0.1) is 5.02 Å². The van der Waals surface area contributed by atoms with Crippen LogP contribution in [0.25, 0.3) is 0 Å². The lowest BCUT2D eigenvalue weighted by Gasteiger charge is -2.10. The largest absolute Gasteiger partial charge is 0.506 e. The van der Waals surface area contributed by atoms with Crippen molar-refractivity contribution in [1.29, 1.82) is 0 Å². The Balaban J connectivity index is 2.02. The number of phenolic OH excluding ortho intramolecular Hbond substituents is 1. The molecule has 0 aromatic heterocycles. The molecule has 1 atom stereocenters. The first kappa shape index (κ1) is 11.6. The van der Waals surface area contributed by atoms with Crippen LogP contribution in [0, 0.1) is 5.92 Å². The number of aromatic hydroxyl groups is 1. The van der Waals surface area contributed by atoms with Gasteiger partial charge in [0.25, 0.3) is 0 Å². The van der Waals surface area contributed by atoms with Gasteiger partial charge in [-0.05, 0) is 24.3 Å². The molecule has 5 heteroatoms. The molecular weight excluding hydrogens is 246 g/mol. The van der Waals surface area contributed by atoms with Crippen LogP contribution in [0.4, 0.5) is 5.69 Å². The number of carbonyl (C=O) groups excluding carboxylic acids is 1. The zero-order valence-electron chi connectivity index (χ0n) is 8.57.